The Morgan fingerprint density at radius 3 is 2.59 bits per heavy atom. The number of anilines is 2. The van der Waals surface area contributed by atoms with Gasteiger partial charge in [0.15, 0.2) is 11.6 Å². The first kappa shape index (κ1) is 13.5. The number of rotatable bonds is 6. The van der Waals surface area contributed by atoms with E-state index in [2.05, 4.69) is 20.7 Å². The van der Waals surface area contributed by atoms with Crippen LogP contribution in [0.25, 0.3) is 0 Å². The van der Waals surface area contributed by atoms with Gasteiger partial charge in [-0.1, -0.05) is 0 Å². The molecule has 0 spiro atoms. The first-order valence-electron chi connectivity index (χ1n) is 5.38. The molecule has 17 heavy (non-hydrogen) atoms. The Kier molecular flexibility index (Phi) is 4.92. The minimum atomic E-state index is -0.377. The van der Waals surface area contributed by atoms with E-state index >= 15 is 0 Å². The maximum absolute atomic E-state index is 9.29. The lowest BCUT2D eigenvalue weighted by Gasteiger charge is -2.18. The Labute approximate surface area is 100 Å². The molecule has 5 N–H and O–H groups in total. The largest absolute Gasteiger partial charge is 0.490 e. The fraction of sp³-hybridized carbons (Fsp3) is 0.600. The highest BCUT2D eigenvalue weighted by atomic mass is 16.5. The highest BCUT2D eigenvalue weighted by molar-refractivity contribution is 5.63. The molecule has 0 fully saturated rings. The zero-order valence-electron chi connectivity index (χ0n) is 10.3. The summed E-state index contributed by atoms with van der Waals surface area (Å²) in [6.07, 6.45) is 1.62. The van der Waals surface area contributed by atoms with E-state index in [1.54, 1.807) is 6.92 Å². The molecule has 1 heterocycles. The molecule has 2 unspecified atom stereocenters. The summed E-state index contributed by atoms with van der Waals surface area (Å²) >= 11 is 0. The average molecular weight is 241 g/mol. The summed E-state index contributed by atoms with van der Waals surface area (Å²) in [5, 5.41) is 12.4. The molecule has 1 rings (SSSR count). The van der Waals surface area contributed by atoms with Gasteiger partial charge in [0, 0.05) is 6.04 Å². The second-order valence-corrected chi connectivity index (χ2v) is 3.88. The van der Waals surface area contributed by atoms with Crippen molar-refractivity contribution in [1.29, 1.82) is 0 Å². The highest BCUT2D eigenvalue weighted by Gasteiger charge is 2.14. The molecule has 1 aromatic heterocycles. The number of nitrogen functional groups attached to an aromatic ring is 1. The quantitative estimate of drug-likeness (QED) is 0.420. The van der Waals surface area contributed by atoms with Gasteiger partial charge in [0.2, 0.25) is 5.75 Å². The van der Waals surface area contributed by atoms with Crippen LogP contribution in [0.1, 0.15) is 20.3 Å². The van der Waals surface area contributed by atoms with Gasteiger partial charge < -0.3 is 20.6 Å². The predicted octanol–water partition coefficient (Wildman–Crippen LogP) is 0.342. The van der Waals surface area contributed by atoms with Crippen molar-refractivity contribution in [3.8, 4) is 5.75 Å². The first-order chi connectivity index (χ1) is 8.08. The number of aliphatic hydroxyl groups excluding tert-OH is 1. The van der Waals surface area contributed by atoms with Gasteiger partial charge in [-0.25, -0.2) is 15.8 Å². The number of ether oxygens (including phenoxy) is 1. The molecule has 1 aromatic rings. The topological polar surface area (TPSA) is 105 Å². The zero-order valence-corrected chi connectivity index (χ0v) is 10.3. The van der Waals surface area contributed by atoms with E-state index in [0.29, 0.717) is 23.8 Å². The summed E-state index contributed by atoms with van der Waals surface area (Å²) in [6.45, 7) is 3.69. The standard InChI is InChI=1S/C10H19N5O2/c1-6(4-7(2)16)14-9-8(17-3)10(15-11)13-5-12-9/h5-7,16H,4,11H2,1-3H3,(H2,12,13,14,15). The molecule has 96 valence electrons. The van der Waals surface area contributed by atoms with Gasteiger partial charge in [-0.15, -0.1) is 0 Å². The third kappa shape index (κ3) is 3.72. The Morgan fingerprint density at radius 1 is 1.41 bits per heavy atom. The van der Waals surface area contributed by atoms with Crippen LogP contribution in [0, 0.1) is 0 Å². The van der Waals surface area contributed by atoms with Crippen LogP contribution in [-0.4, -0.2) is 34.3 Å². The molecule has 0 aliphatic rings. The van der Waals surface area contributed by atoms with Crippen LogP contribution in [-0.2, 0) is 0 Å². The summed E-state index contributed by atoms with van der Waals surface area (Å²) in [6, 6.07) is 0.0597. The van der Waals surface area contributed by atoms with E-state index in [0.717, 1.165) is 0 Å². The van der Waals surface area contributed by atoms with Gasteiger partial charge in [0.1, 0.15) is 6.33 Å². The number of nitrogens with zero attached hydrogens (tertiary/aromatic N) is 2. The molecule has 0 aliphatic heterocycles. The van der Waals surface area contributed by atoms with E-state index in [1.165, 1.54) is 13.4 Å². The van der Waals surface area contributed by atoms with E-state index < -0.39 is 0 Å². The Balaban J connectivity index is 2.83. The molecule has 7 nitrogen and oxygen atoms in total. The van der Waals surface area contributed by atoms with E-state index in [9.17, 15) is 5.11 Å². The van der Waals surface area contributed by atoms with Crippen LogP contribution in [0.3, 0.4) is 0 Å². The van der Waals surface area contributed by atoms with Crippen LogP contribution < -0.4 is 21.3 Å². The summed E-state index contributed by atoms with van der Waals surface area (Å²) in [4.78, 5) is 8.02. The van der Waals surface area contributed by atoms with Crippen molar-refractivity contribution >= 4 is 11.6 Å². The second kappa shape index (κ2) is 6.21. The van der Waals surface area contributed by atoms with Crippen molar-refractivity contribution in [2.75, 3.05) is 17.9 Å². The molecular weight excluding hydrogens is 222 g/mol. The predicted molar refractivity (Wildman–Crippen MR) is 65.8 cm³/mol. The van der Waals surface area contributed by atoms with Crippen molar-refractivity contribution in [3.05, 3.63) is 6.33 Å². The normalized spacial score (nSPS) is 13.9. The number of nitrogens with one attached hydrogen (secondary N) is 2. The average Bonchev–Trinajstić information content (AvgIpc) is 2.27. The fourth-order valence-electron chi connectivity index (χ4n) is 1.58. The molecule has 0 amide bonds. The zero-order chi connectivity index (χ0) is 12.8. The molecule has 0 aliphatic carbocycles. The smallest absolute Gasteiger partial charge is 0.205 e. The number of aliphatic hydroxyl groups is 1. The number of hydrazine groups is 1. The SMILES string of the molecule is COc1c(NN)ncnc1NC(C)CC(C)O. The summed E-state index contributed by atoms with van der Waals surface area (Å²) in [5.41, 5.74) is 2.44. The molecule has 0 saturated heterocycles. The Morgan fingerprint density at radius 2 is 2.06 bits per heavy atom. The molecule has 0 bridgehead atoms. The van der Waals surface area contributed by atoms with Gasteiger partial charge >= 0.3 is 0 Å². The van der Waals surface area contributed by atoms with E-state index in [1.807, 2.05) is 6.92 Å². The first-order valence-corrected chi connectivity index (χ1v) is 5.38. The maximum Gasteiger partial charge on any atom is 0.205 e. The summed E-state index contributed by atoms with van der Waals surface area (Å²) in [5.74, 6) is 6.73. The molecule has 0 aromatic carbocycles. The third-order valence-electron chi connectivity index (χ3n) is 2.22. The number of methoxy groups -OCH3 is 1. The third-order valence-corrected chi connectivity index (χ3v) is 2.22. The van der Waals surface area contributed by atoms with E-state index in [-0.39, 0.29) is 12.1 Å². The van der Waals surface area contributed by atoms with Gasteiger partial charge in [-0.3, -0.25) is 0 Å². The molecule has 0 radical (unpaired) electrons. The molecule has 0 saturated carbocycles. The second-order valence-electron chi connectivity index (χ2n) is 3.88. The number of aromatic nitrogens is 2. The van der Waals surface area contributed by atoms with Crippen molar-refractivity contribution < 1.29 is 9.84 Å². The Bertz CT molecular complexity index is 359. The van der Waals surface area contributed by atoms with Crippen molar-refractivity contribution in [2.24, 2.45) is 5.84 Å². The highest BCUT2D eigenvalue weighted by Crippen LogP contribution is 2.28. The van der Waals surface area contributed by atoms with Crippen molar-refractivity contribution in [1.82, 2.24) is 9.97 Å². The fourth-order valence-corrected chi connectivity index (χ4v) is 1.58. The van der Waals surface area contributed by atoms with Crippen LogP contribution in [0.2, 0.25) is 0 Å². The van der Waals surface area contributed by atoms with Gasteiger partial charge in [-0.2, -0.15) is 0 Å². The Hall–Kier alpha value is -1.60. The minimum absolute atomic E-state index is 0.0597. The number of nitrogens with two attached hydrogens (primary N) is 1. The lowest BCUT2D eigenvalue weighted by Crippen LogP contribution is -2.22. The summed E-state index contributed by atoms with van der Waals surface area (Å²) < 4.78 is 5.18. The van der Waals surface area contributed by atoms with Crippen molar-refractivity contribution in [2.45, 2.75) is 32.4 Å². The van der Waals surface area contributed by atoms with Crippen LogP contribution in [0.15, 0.2) is 6.33 Å². The lowest BCUT2D eigenvalue weighted by atomic mass is 10.1. The molecule has 7 heteroatoms. The van der Waals surface area contributed by atoms with Crippen LogP contribution in [0.5, 0.6) is 5.75 Å². The van der Waals surface area contributed by atoms with E-state index in [4.69, 9.17) is 10.6 Å². The summed E-state index contributed by atoms with van der Waals surface area (Å²) in [7, 11) is 1.52. The molecule has 2 atom stereocenters. The van der Waals surface area contributed by atoms with Gasteiger partial charge in [0.05, 0.1) is 13.2 Å². The number of hydrogen-bond acceptors (Lipinski definition) is 7. The lowest BCUT2D eigenvalue weighted by molar-refractivity contribution is 0.179. The van der Waals surface area contributed by atoms with Crippen LogP contribution in [0.4, 0.5) is 11.6 Å². The molecular formula is C10H19N5O2. The van der Waals surface area contributed by atoms with Crippen LogP contribution >= 0.6 is 0 Å². The maximum atomic E-state index is 9.29. The minimum Gasteiger partial charge on any atom is -0.490 e. The van der Waals surface area contributed by atoms with Crippen molar-refractivity contribution in [3.63, 3.8) is 0 Å². The monoisotopic (exact) mass is 241 g/mol. The van der Waals surface area contributed by atoms with Gasteiger partial charge in [-0.05, 0) is 20.3 Å². The van der Waals surface area contributed by atoms with Gasteiger partial charge in [0.25, 0.3) is 0 Å². The number of hydrogen-bond donors (Lipinski definition) is 4.